The summed E-state index contributed by atoms with van der Waals surface area (Å²) in [5, 5.41) is 6.51. The van der Waals surface area contributed by atoms with Crippen LogP contribution in [0.2, 0.25) is 0 Å². The van der Waals surface area contributed by atoms with E-state index in [1.54, 1.807) is 12.1 Å². The van der Waals surface area contributed by atoms with Gasteiger partial charge >= 0.3 is 5.97 Å². The fourth-order valence-corrected chi connectivity index (χ4v) is 2.57. The van der Waals surface area contributed by atoms with Gasteiger partial charge in [0.05, 0.1) is 24.4 Å². The summed E-state index contributed by atoms with van der Waals surface area (Å²) in [5.41, 5.74) is 1.75. The second-order valence-electron chi connectivity index (χ2n) is 4.73. The van der Waals surface area contributed by atoms with E-state index in [0.717, 1.165) is 12.8 Å². The molecule has 112 valence electrons. The third kappa shape index (κ3) is 3.39. The van der Waals surface area contributed by atoms with E-state index in [4.69, 9.17) is 17.0 Å². The number of hydrogen-bond donors (Lipinski definition) is 2. The Morgan fingerprint density at radius 1 is 1.38 bits per heavy atom. The summed E-state index contributed by atoms with van der Waals surface area (Å²) in [6.07, 6.45) is 1.63. The summed E-state index contributed by atoms with van der Waals surface area (Å²) in [6.45, 7) is 2.03. The molecule has 0 saturated heterocycles. The van der Waals surface area contributed by atoms with Gasteiger partial charge in [-0.1, -0.05) is 13.3 Å². The molecule has 0 amide bonds. The Morgan fingerprint density at radius 3 is 2.62 bits per heavy atom. The highest BCUT2D eigenvalue weighted by Gasteiger charge is 2.30. The zero-order valence-electron chi connectivity index (χ0n) is 11.9. The Labute approximate surface area is 128 Å². The minimum Gasteiger partial charge on any atom is -0.466 e. The summed E-state index contributed by atoms with van der Waals surface area (Å²) < 4.78 is 18.0. The molecule has 21 heavy (non-hydrogen) atoms. The molecule has 0 aliphatic carbocycles. The highest BCUT2D eigenvalue weighted by atomic mass is 32.1. The van der Waals surface area contributed by atoms with Gasteiger partial charge in [0.2, 0.25) is 0 Å². The first-order valence-electron chi connectivity index (χ1n) is 6.72. The molecule has 1 aliphatic heterocycles. The lowest BCUT2D eigenvalue weighted by Gasteiger charge is -2.30. The molecular formula is C15H17FN2O2S. The Kier molecular flexibility index (Phi) is 4.90. The lowest BCUT2D eigenvalue weighted by Crippen LogP contribution is -2.49. The van der Waals surface area contributed by atoms with Crippen LogP contribution in [0.4, 0.5) is 4.39 Å². The Balaban J connectivity index is 2.53. The smallest absolute Gasteiger partial charge is 0.337 e. The van der Waals surface area contributed by atoms with Crippen LogP contribution >= 0.6 is 12.2 Å². The number of halogens is 1. The molecule has 4 nitrogen and oxygen atoms in total. The van der Waals surface area contributed by atoms with Gasteiger partial charge in [-0.05, 0) is 48.5 Å². The van der Waals surface area contributed by atoms with Crippen molar-refractivity contribution >= 4 is 29.0 Å². The van der Waals surface area contributed by atoms with Crippen molar-refractivity contribution in [2.24, 2.45) is 0 Å². The molecule has 1 aromatic rings. The van der Waals surface area contributed by atoms with Crippen LogP contribution in [0.5, 0.6) is 0 Å². The first-order chi connectivity index (χ1) is 10.1. The molecule has 0 aromatic heterocycles. The number of rotatable bonds is 4. The molecule has 0 spiro atoms. The van der Waals surface area contributed by atoms with Gasteiger partial charge in [-0.2, -0.15) is 0 Å². The zero-order valence-corrected chi connectivity index (χ0v) is 12.7. The SMILES string of the molecule is CCCC1NC(=S)NC(c2ccc(F)cc2)=C1C(=O)OC. The van der Waals surface area contributed by atoms with Crippen molar-refractivity contribution in [3.63, 3.8) is 0 Å². The number of carbonyl (C=O) groups is 1. The Bertz CT molecular complexity index is 584. The summed E-state index contributed by atoms with van der Waals surface area (Å²) in [4.78, 5) is 12.1. The Morgan fingerprint density at radius 2 is 2.05 bits per heavy atom. The molecule has 0 bridgehead atoms. The van der Waals surface area contributed by atoms with Crippen molar-refractivity contribution in [3.8, 4) is 0 Å². The van der Waals surface area contributed by atoms with Crippen LogP contribution in [0.25, 0.3) is 5.70 Å². The number of nitrogens with one attached hydrogen (secondary N) is 2. The van der Waals surface area contributed by atoms with Gasteiger partial charge in [-0.25, -0.2) is 9.18 Å². The summed E-state index contributed by atoms with van der Waals surface area (Å²) in [7, 11) is 1.34. The van der Waals surface area contributed by atoms with Crippen LogP contribution in [-0.4, -0.2) is 24.2 Å². The zero-order chi connectivity index (χ0) is 15.4. The van der Waals surface area contributed by atoms with E-state index in [1.165, 1.54) is 19.2 Å². The summed E-state index contributed by atoms with van der Waals surface area (Å²) in [5.74, 6) is -0.754. The van der Waals surface area contributed by atoms with Gasteiger partial charge in [0, 0.05) is 0 Å². The molecule has 1 heterocycles. The van der Waals surface area contributed by atoms with Crippen LogP contribution in [0.15, 0.2) is 29.8 Å². The van der Waals surface area contributed by atoms with Crippen molar-refractivity contribution in [2.45, 2.75) is 25.8 Å². The van der Waals surface area contributed by atoms with E-state index >= 15 is 0 Å². The number of ether oxygens (including phenoxy) is 1. The molecule has 1 unspecified atom stereocenters. The van der Waals surface area contributed by atoms with Gasteiger partial charge < -0.3 is 15.4 Å². The maximum Gasteiger partial charge on any atom is 0.337 e. The fourth-order valence-electron chi connectivity index (χ4n) is 2.33. The third-order valence-electron chi connectivity index (χ3n) is 3.28. The fraction of sp³-hybridized carbons (Fsp3) is 0.333. The second-order valence-corrected chi connectivity index (χ2v) is 5.14. The van der Waals surface area contributed by atoms with Crippen molar-refractivity contribution in [1.29, 1.82) is 0 Å². The second kappa shape index (κ2) is 6.67. The molecule has 0 fully saturated rings. The van der Waals surface area contributed by atoms with Crippen molar-refractivity contribution in [3.05, 3.63) is 41.2 Å². The number of carbonyl (C=O) groups excluding carboxylic acids is 1. The number of benzene rings is 1. The number of esters is 1. The van der Waals surface area contributed by atoms with Crippen molar-refractivity contribution in [2.75, 3.05) is 7.11 Å². The molecule has 1 aromatic carbocycles. The van der Waals surface area contributed by atoms with Crippen LogP contribution in [0.3, 0.4) is 0 Å². The molecule has 2 rings (SSSR count). The number of methoxy groups -OCH3 is 1. The average Bonchev–Trinajstić information content (AvgIpc) is 2.47. The van der Waals surface area contributed by atoms with Crippen LogP contribution in [0, 0.1) is 5.82 Å². The highest BCUT2D eigenvalue weighted by Crippen LogP contribution is 2.25. The van der Waals surface area contributed by atoms with Gasteiger partial charge in [0.15, 0.2) is 5.11 Å². The van der Waals surface area contributed by atoms with E-state index in [9.17, 15) is 9.18 Å². The third-order valence-corrected chi connectivity index (χ3v) is 3.50. The van der Waals surface area contributed by atoms with Crippen molar-refractivity contribution < 1.29 is 13.9 Å². The lowest BCUT2D eigenvalue weighted by molar-refractivity contribution is -0.136. The number of thiocarbonyl (C=S) groups is 1. The van der Waals surface area contributed by atoms with Crippen LogP contribution in [-0.2, 0) is 9.53 Å². The quantitative estimate of drug-likeness (QED) is 0.660. The van der Waals surface area contributed by atoms with Crippen molar-refractivity contribution in [1.82, 2.24) is 10.6 Å². The maximum atomic E-state index is 13.1. The van der Waals surface area contributed by atoms with Gasteiger partial charge in [0.1, 0.15) is 5.82 Å². The lowest BCUT2D eigenvalue weighted by atomic mass is 9.95. The topological polar surface area (TPSA) is 50.4 Å². The van der Waals surface area contributed by atoms with Gasteiger partial charge in [-0.3, -0.25) is 0 Å². The average molecular weight is 308 g/mol. The van der Waals surface area contributed by atoms with Gasteiger partial charge in [-0.15, -0.1) is 0 Å². The molecule has 2 N–H and O–H groups in total. The normalized spacial score (nSPS) is 18.0. The molecule has 1 aliphatic rings. The maximum absolute atomic E-state index is 13.1. The highest BCUT2D eigenvalue weighted by molar-refractivity contribution is 7.80. The molecule has 0 radical (unpaired) electrons. The van der Waals surface area contributed by atoms with E-state index in [0.29, 0.717) is 21.9 Å². The predicted molar refractivity (Wildman–Crippen MR) is 82.9 cm³/mol. The molecule has 6 heteroatoms. The molecule has 1 atom stereocenters. The van der Waals surface area contributed by atoms with E-state index in [1.807, 2.05) is 6.92 Å². The summed E-state index contributed by atoms with van der Waals surface area (Å²) in [6, 6.07) is 5.70. The predicted octanol–water partition coefficient (Wildman–Crippen LogP) is 2.36. The van der Waals surface area contributed by atoms with Crippen LogP contribution in [0.1, 0.15) is 25.3 Å². The monoisotopic (exact) mass is 308 g/mol. The standard InChI is InChI=1S/C15H17FN2O2S/c1-3-4-11-12(14(19)20-2)13(18-15(21)17-11)9-5-7-10(16)8-6-9/h5-8,11H,3-4H2,1-2H3,(H2,17,18,21). The minimum absolute atomic E-state index is 0.212. The first-order valence-corrected chi connectivity index (χ1v) is 7.13. The largest absolute Gasteiger partial charge is 0.466 e. The van der Waals surface area contributed by atoms with E-state index in [-0.39, 0.29) is 11.9 Å². The van der Waals surface area contributed by atoms with Gasteiger partial charge in [0.25, 0.3) is 0 Å². The Hall–Kier alpha value is -1.95. The first kappa shape index (κ1) is 15.4. The summed E-state index contributed by atoms with van der Waals surface area (Å²) >= 11 is 5.19. The van der Waals surface area contributed by atoms with Crippen LogP contribution < -0.4 is 10.6 Å². The minimum atomic E-state index is -0.421. The molecular weight excluding hydrogens is 291 g/mol. The number of hydrogen-bond acceptors (Lipinski definition) is 3. The van der Waals surface area contributed by atoms with E-state index in [2.05, 4.69) is 10.6 Å². The molecule has 0 saturated carbocycles. The van der Waals surface area contributed by atoms with E-state index < -0.39 is 5.97 Å².